The summed E-state index contributed by atoms with van der Waals surface area (Å²) in [4.78, 5) is 48.1. The molecular formula is C17H23NO10S. The van der Waals surface area contributed by atoms with Crippen molar-refractivity contribution in [1.82, 2.24) is 4.90 Å². The number of aliphatic carboxylic acids is 1. The summed E-state index contributed by atoms with van der Waals surface area (Å²) in [6.07, 6.45) is -2.12. The van der Waals surface area contributed by atoms with Crippen molar-refractivity contribution in [2.75, 3.05) is 19.5 Å². The number of nitrogens with zero attached hydrogens (tertiary/aromatic N) is 1. The third-order valence-corrected chi connectivity index (χ3v) is 6.05. The van der Waals surface area contributed by atoms with Gasteiger partial charge < -0.3 is 19.3 Å². The molecule has 0 radical (unpaired) electrons. The lowest BCUT2D eigenvalue weighted by molar-refractivity contribution is -0.167. The van der Waals surface area contributed by atoms with Crippen molar-refractivity contribution in [2.24, 2.45) is 0 Å². The van der Waals surface area contributed by atoms with Crippen LogP contribution in [0.4, 0.5) is 0 Å². The lowest BCUT2D eigenvalue weighted by atomic mass is 10.0. The highest BCUT2D eigenvalue weighted by molar-refractivity contribution is 7.92. The zero-order valence-corrected chi connectivity index (χ0v) is 17.3. The summed E-state index contributed by atoms with van der Waals surface area (Å²) in [6.45, 7) is 4.21. The Hall–Kier alpha value is -2.47. The summed E-state index contributed by atoms with van der Waals surface area (Å²) in [5, 5.41) is 7.24. The van der Waals surface area contributed by atoms with Crippen LogP contribution in [0.3, 0.4) is 0 Å². The van der Waals surface area contributed by atoms with E-state index < -0.39 is 75.9 Å². The molecule has 2 heterocycles. The number of carboxylic acid groups (broad SMARTS) is 1. The van der Waals surface area contributed by atoms with E-state index >= 15 is 0 Å². The number of esters is 2. The number of β-lactam (4-membered cyclic amide) rings is 1. The maximum Gasteiger partial charge on any atom is 0.355 e. The molecule has 162 valence electrons. The van der Waals surface area contributed by atoms with Gasteiger partial charge in [0.2, 0.25) is 0 Å². The molecule has 11 nitrogen and oxygen atoms in total. The molecule has 0 aromatic rings. The number of hydrogen-bond donors (Lipinski definition) is 1. The maximum atomic E-state index is 12.7. The molecule has 2 aliphatic rings. The molecule has 1 fully saturated rings. The third kappa shape index (κ3) is 4.93. The molecule has 1 N–H and O–H groups in total. The van der Waals surface area contributed by atoms with Crippen molar-refractivity contribution in [3.63, 3.8) is 0 Å². The van der Waals surface area contributed by atoms with Crippen molar-refractivity contribution in [2.45, 2.75) is 50.7 Å². The van der Waals surface area contributed by atoms with Crippen LogP contribution in [0.2, 0.25) is 0 Å². The predicted octanol–water partition coefficient (Wildman–Crippen LogP) is -0.398. The van der Waals surface area contributed by atoms with E-state index in [0.717, 1.165) is 4.90 Å². The van der Waals surface area contributed by atoms with Crippen molar-refractivity contribution in [3.8, 4) is 0 Å². The number of fused-ring (bicyclic) bond motifs is 1. The molecule has 1 saturated heterocycles. The average molecular weight is 433 g/mol. The smallest absolute Gasteiger partial charge is 0.355 e. The fourth-order valence-electron chi connectivity index (χ4n) is 2.94. The van der Waals surface area contributed by atoms with Gasteiger partial charge in [0.05, 0.1) is 18.6 Å². The summed E-state index contributed by atoms with van der Waals surface area (Å²) >= 11 is 0. The van der Waals surface area contributed by atoms with Crippen LogP contribution in [-0.2, 0) is 43.2 Å². The summed E-state index contributed by atoms with van der Waals surface area (Å²) in [7, 11) is -2.74. The number of carbonyl (C=O) groups excluding carboxylic acids is 3. The minimum atomic E-state index is -3.92. The molecule has 0 aliphatic carbocycles. The van der Waals surface area contributed by atoms with Crippen LogP contribution >= 0.6 is 0 Å². The Morgan fingerprint density at radius 3 is 2.34 bits per heavy atom. The van der Waals surface area contributed by atoms with Gasteiger partial charge >= 0.3 is 17.9 Å². The van der Waals surface area contributed by atoms with Gasteiger partial charge in [0.15, 0.2) is 21.3 Å². The predicted molar refractivity (Wildman–Crippen MR) is 95.9 cm³/mol. The van der Waals surface area contributed by atoms with Crippen molar-refractivity contribution in [3.05, 3.63) is 11.3 Å². The number of carboxylic acids is 1. The van der Waals surface area contributed by atoms with Gasteiger partial charge in [-0.2, -0.15) is 0 Å². The van der Waals surface area contributed by atoms with E-state index in [9.17, 15) is 27.6 Å². The molecule has 2 aliphatic heterocycles. The number of carbonyl (C=O) groups is 4. The zero-order chi connectivity index (χ0) is 22.1. The number of rotatable bonds is 7. The lowest BCUT2D eigenvalue weighted by Gasteiger charge is -2.48. The van der Waals surface area contributed by atoms with Crippen molar-refractivity contribution >= 4 is 33.7 Å². The first-order valence-electron chi connectivity index (χ1n) is 8.68. The Morgan fingerprint density at radius 2 is 1.83 bits per heavy atom. The summed E-state index contributed by atoms with van der Waals surface area (Å²) < 4.78 is 40.4. The van der Waals surface area contributed by atoms with Gasteiger partial charge in [0, 0.05) is 12.7 Å². The summed E-state index contributed by atoms with van der Waals surface area (Å²) in [5.74, 6) is -4.38. The normalized spacial score (nSPS) is 23.2. The van der Waals surface area contributed by atoms with Gasteiger partial charge in [0.1, 0.15) is 17.9 Å². The fraction of sp³-hybridized carbons (Fsp3) is 0.647. The summed E-state index contributed by atoms with van der Waals surface area (Å²) in [6, 6.07) is 0. The zero-order valence-electron chi connectivity index (χ0n) is 16.5. The number of sulfone groups is 1. The second kappa shape index (κ2) is 8.11. The largest absolute Gasteiger partial charge is 0.481 e. The number of amides is 1. The van der Waals surface area contributed by atoms with Gasteiger partial charge in [-0.05, 0) is 20.8 Å². The Kier molecular flexibility index (Phi) is 6.38. The van der Waals surface area contributed by atoms with Crippen LogP contribution in [0.1, 0.15) is 33.6 Å². The van der Waals surface area contributed by atoms with E-state index in [4.69, 9.17) is 19.3 Å². The molecule has 0 saturated carbocycles. The van der Waals surface area contributed by atoms with Crippen LogP contribution < -0.4 is 0 Å². The molecule has 1 unspecified atom stereocenters. The molecule has 12 heteroatoms. The summed E-state index contributed by atoms with van der Waals surface area (Å²) in [5.41, 5.74) is -1.35. The molecule has 0 spiro atoms. The van der Waals surface area contributed by atoms with E-state index in [0.29, 0.717) is 0 Å². The molecule has 0 bridgehead atoms. The molecule has 2 atom stereocenters. The highest BCUT2D eigenvalue weighted by Crippen LogP contribution is 2.38. The van der Waals surface area contributed by atoms with Crippen molar-refractivity contribution in [1.29, 1.82) is 0 Å². The highest BCUT2D eigenvalue weighted by Gasteiger charge is 2.61. The first-order chi connectivity index (χ1) is 13.3. The number of hydrogen-bond acceptors (Lipinski definition) is 9. The van der Waals surface area contributed by atoms with Crippen LogP contribution in [0.25, 0.3) is 0 Å². The van der Waals surface area contributed by atoms with E-state index in [1.807, 2.05) is 0 Å². The first kappa shape index (κ1) is 22.8. The van der Waals surface area contributed by atoms with Crippen LogP contribution in [0.5, 0.6) is 0 Å². The second-order valence-corrected chi connectivity index (χ2v) is 9.67. The van der Waals surface area contributed by atoms with E-state index in [1.165, 1.54) is 7.11 Å². The fourth-order valence-corrected chi connectivity index (χ4v) is 4.95. The average Bonchev–Trinajstić information content (AvgIpc) is 2.56. The van der Waals surface area contributed by atoms with Crippen molar-refractivity contribution < 1.29 is 46.9 Å². The molecule has 0 aromatic heterocycles. The van der Waals surface area contributed by atoms with Gasteiger partial charge in [-0.1, -0.05) is 0 Å². The SMILES string of the molecule is CO[C@@H]1C(=O)N2C(C(=O)OC(C)(C)C)=C(COC(=O)CCC(=O)O)CS(=O)(=O)C12. The van der Waals surface area contributed by atoms with Gasteiger partial charge in [-0.15, -0.1) is 0 Å². The Bertz CT molecular complexity index is 867. The molecule has 29 heavy (non-hydrogen) atoms. The Morgan fingerprint density at radius 1 is 1.21 bits per heavy atom. The monoisotopic (exact) mass is 433 g/mol. The van der Waals surface area contributed by atoms with Crippen LogP contribution in [0, 0.1) is 0 Å². The highest BCUT2D eigenvalue weighted by atomic mass is 32.2. The van der Waals surface area contributed by atoms with E-state index in [2.05, 4.69) is 0 Å². The standard InChI is InChI=1S/C17H23NO10S/c1-17(2,3)28-16(23)12-9(7-27-11(21)6-5-10(19)20)8-29(24,25)15-13(26-4)14(22)18(12)15/h13,15H,5-8H2,1-4H3,(H,19,20)/t13-,15?/m1/s1. The quantitative estimate of drug-likeness (QED) is 0.414. The molecule has 0 aromatic carbocycles. The molecular weight excluding hydrogens is 410 g/mol. The Balaban J connectivity index is 2.36. The topological polar surface area (TPSA) is 154 Å². The number of methoxy groups -OCH3 is 1. The lowest BCUT2D eigenvalue weighted by Crippen LogP contribution is -2.70. The molecule has 2 rings (SSSR count). The Labute approximate surface area is 167 Å². The van der Waals surface area contributed by atoms with Crippen LogP contribution in [-0.4, -0.2) is 78.8 Å². The molecule has 1 amide bonds. The first-order valence-corrected chi connectivity index (χ1v) is 10.4. The minimum Gasteiger partial charge on any atom is -0.481 e. The van der Waals surface area contributed by atoms with Gasteiger partial charge in [-0.3, -0.25) is 19.3 Å². The maximum absolute atomic E-state index is 12.7. The van der Waals surface area contributed by atoms with Gasteiger partial charge in [-0.25, -0.2) is 13.2 Å². The minimum absolute atomic E-state index is 0.123. The van der Waals surface area contributed by atoms with Gasteiger partial charge in [0.25, 0.3) is 5.91 Å². The number of ether oxygens (including phenoxy) is 3. The van der Waals surface area contributed by atoms with Crippen LogP contribution in [0.15, 0.2) is 11.3 Å². The van der Waals surface area contributed by atoms with E-state index in [-0.39, 0.29) is 11.3 Å². The second-order valence-electron chi connectivity index (χ2n) is 7.57. The van der Waals surface area contributed by atoms with E-state index in [1.54, 1.807) is 20.8 Å². The third-order valence-electron chi connectivity index (χ3n) is 4.11.